The molecular formula is C10H10N4. The Kier molecular flexibility index (Phi) is 3.04. The predicted octanol–water partition coefficient (Wildman–Crippen LogP) is 1.65. The number of aromatic nitrogens is 1. The second kappa shape index (κ2) is 4.25. The van der Waals surface area contributed by atoms with E-state index in [0.29, 0.717) is 16.9 Å². The Balaban J connectivity index is 3.19. The van der Waals surface area contributed by atoms with Gasteiger partial charge >= 0.3 is 0 Å². The number of nitriles is 2. The van der Waals surface area contributed by atoms with Gasteiger partial charge in [0.1, 0.15) is 23.5 Å². The molecular weight excluding hydrogens is 176 g/mol. The van der Waals surface area contributed by atoms with Gasteiger partial charge < -0.3 is 5.32 Å². The highest BCUT2D eigenvalue weighted by atomic mass is 15.0. The summed E-state index contributed by atoms with van der Waals surface area (Å²) in [4.78, 5) is 4.01. The zero-order valence-corrected chi connectivity index (χ0v) is 8.07. The Morgan fingerprint density at radius 2 is 2.07 bits per heavy atom. The molecule has 1 aromatic heterocycles. The second-order valence-corrected chi connectivity index (χ2v) is 3.10. The molecule has 0 aliphatic carbocycles. The van der Waals surface area contributed by atoms with E-state index in [9.17, 15) is 0 Å². The highest BCUT2D eigenvalue weighted by Crippen LogP contribution is 2.15. The van der Waals surface area contributed by atoms with Gasteiger partial charge in [0, 0.05) is 12.2 Å². The summed E-state index contributed by atoms with van der Waals surface area (Å²) in [7, 11) is 0. The van der Waals surface area contributed by atoms with E-state index in [2.05, 4.69) is 10.3 Å². The largest absolute Gasteiger partial charge is 0.367 e. The molecule has 0 atom stereocenters. The molecule has 0 bridgehead atoms. The molecule has 1 heterocycles. The van der Waals surface area contributed by atoms with Crippen molar-refractivity contribution in [2.75, 3.05) is 5.32 Å². The van der Waals surface area contributed by atoms with Gasteiger partial charge in [0.05, 0.1) is 5.56 Å². The third-order valence-electron chi connectivity index (χ3n) is 1.61. The van der Waals surface area contributed by atoms with Crippen LogP contribution < -0.4 is 5.32 Å². The summed E-state index contributed by atoms with van der Waals surface area (Å²) in [5.41, 5.74) is 0.661. The van der Waals surface area contributed by atoms with Crippen molar-refractivity contribution in [3.63, 3.8) is 0 Å². The van der Waals surface area contributed by atoms with Crippen molar-refractivity contribution in [2.24, 2.45) is 0 Å². The van der Waals surface area contributed by atoms with Crippen LogP contribution >= 0.6 is 0 Å². The van der Waals surface area contributed by atoms with Crippen LogP contribution in [0.15, 0.2) is 12.3 Å². The van der Waals surface area contributed by atoms with Crippen molar-refractivity contribution >= 4 is 5.82 Å². The molecule has 0 saturated carbocycles. The van der Waals surface area contributed by atoms with Crippen LogP contribution in [0.4, 0.5) is 5.82 Å². The molecule has 0 spiro atoms. The molecule has 0 fully saturated rings. The average Bonchev–Trinajstić information content (AvgIpc) is 2.16. The molecule has 4 nitrogen and oxygen atoms in total. The van der Waals surface area contributed by atoms with Crippen molar-refractivity contribution in [1.29, 1.82) is 10.5 Å². The summed E-state index contributed by atoms with van der Waals surface area (Å²) in [5, 5.41) is 20.6. The fourth-order valence-corrected chi connectivity index (χ4v) is 1.05. The van der Waals surface area contributed by atoms with Crippen LogP contribution in [0.2, 0.25) is 0 Å². The molecule has 0 aromatic carbocycles. The molecule has 0 unspecified atom stereocenters. The van der Waals surface area contributed by atoms with Gasteiger partial charge in [-0.2, -0.15) is 10.5 Å². The molecule has 0 aliphatic heterocycles. The van der Waals surface area contributed by atoms with Crippen molar-refractivity contribution in [3.05, 3.63) is 23.4 Å². The number of pyridine rings is 1. The summed E-state index contributed by atoms with van der Waals surface area (Å²) in [6.07, 6.45) is 1.52. The number of hydrogen-bond acceptors (Lipinski definition) is 4. The molecule has 14 heavy (non-hydrogen) atoms. The third kappa shape index (κ3) is 1.99. The van der Waals surface area contributed by atoms with E-state index in [-0.39, 0.29) is 6.04 Å². The fraction of sp³-hybridized carbons (Fsp3) is 0.300. The van der Waals surface area contributed by atoms with E-state index in [1.165, 1.54) is 12.3 Å². The maximum atomic E-state index is 8.86. The van der Waals surface area contributed by atoms with Gasteiger partial charge in [0.15, 0.2) is 0 Å². The standard InChI is InChI=1S/C10H10N4/c1-7(2)14-10-9(6-12)8(5-11)3-4-13-10/h3-4,7H,1-2H3,(H,13,14). The summed E-state index contributed by atoms with van der Waals surface area (Å²) < 4.78 is 0. The van der Waals surface area contributed by atoms with Gasteiger partial charge in [-0.1, -0.05) is 0 Å². The lowest BCUT2D eigenvalue weighted by Crippen LogP contribution is -2.12. The molecule has 0 saturated heterocycles. The van der Waals surface area contributed by atoms with Crippen LogP contribution in [0.25, 0.3) is 0 Å². The fourth-order valence-electron chi connectivity index (χ4n) is 1.05. The molecule has 70 valence electrons. The maximum Gasteiger partial charge on any atom is 0.145 e. The van der Waals surface area contributed by atoms with E-state index in [1.54, 1.807) is 0 Å². The molecule has 0 amide bonds. The lowest BCUT2D eigenvalue weighted by atomic mass is 10.1. The summed E-state index contributed by atoms with van der Waals surface area (Å²) in [5.74, 6) is 0.474. The summed E-state index contributed by atoms with van der Waals surface area (Å²) in [6, 6.07) is 5.65. The minimum Gasteiger partial charge on any atom is -0.367 e. The zero-order chi connectivity index (χ0) is 10.6. The minimum atomic E-state index is 0.184. The molecule has 1 N–H and O–H groups in total. The topological polar surface area (TPSA) is 72.5 Å². The normalized spacial score (nSPS) is 9.21. The summed E-state index contributed by atoms with van der Waals surface area (Å²) in [6.45, 7) is 3.89. The van der Waals surface area contributed by atoms with E-state index < -0.39 is 0 Å². The van der Waals surface area contributed by atoms with Gasteiger partial charge in [0.2, 0.25) is 0 Å². The first-order valence-electron chi connectivity index (χ1n) is 4.24. The molecule has 4 heteroatoms. The van der Waals surface area contributed by atoms with Gasteiger partial charge in [-0.25, -0.2) is 4.98 Å². The quantitative estimate of drug-likeness (QED) is 0.762. The Morgan fingerprint density at radius 3 is 2.57 bits per heavy atom. The number of anilines is 1. The van der Waals surface area contributed by atoms with E-state index in [4.69, 9.17) is 10.5 Å². The van der Waals surface area contributed by atoms with E-state index in [1.807, 2.05) is 26.0 Å². The van der Waals surface area contributed by atoms with Crippen LogP contribution in [0, 0.1) is 22.7 Å². The highest BCUT2D eigenvalue weighted by molar-refractivity contribution is 5.59. The SMILES string of the molecule is CC(C)Nc1nccc(C#N)c1C#N. The second-order valence-electron chi connectivity index (χ2n) is 3.10. The Labute approximate surface area is 82.8 Å². The van der Waals surface area contributed by atoms with Gasteiger partial charge in [-0.05, 0) is 19.9 Å². The number of nitrogens with one attached hydrogen (secondary N) is 1. The lowest BCUT2D eigenvalue weighted by Gasteiger charge is -2.10. The molecule has 1 aromatic rings. The Bertz CT molecular complexity index is 409. The maximum absolute atomic E-state index is 8.86. The third-order valence-corrected chi connectivity index (χ3v) is 1.61. The minimum absolute atomic E-state index is 0.184. The molecule has 0 radical (unpaired) electrons. The predicted molar refractivity (Wildman–Crippen MR) is 52.4 cm³/mol. The average molecular weight is 186 g/mol. The Hall–Kier alpha value is -2.07. The van der Waals surface area contributed by atoms with Crippen molar-refractivity contribution < 1.29 is 0 Å². The van der Waals surface area contributed by atoms with Gasteiger partial charge in [0.25, 0.3) is 0 Å². The first kappa shape index (κ1) is 10.0. The number of hydrogen-bond donors (Lipinski definition) is 1. The summed E-state index contributed by atoms with van der Waals surface area (Å²) >= 11 is 0. The Morgan fingerprint density at radius 1 is 1.36 bits per heavy atom. The van der Waals surface area contributed by atoms with Crippen LogP contribution in [-0.2, 0) is 0 Å². The van der Waals surface area contributed by atoms with Crippen LogP contribution in [0.3, 0.4) is 0 Å². The number of rotatable bonds is 2. The zero-order valence-electron chi connectivity index (χ0n) is 8.07. The molecule has 1 rings (SSSR count). The van der Waals surface area contributed by atoms with E-state index >= 15 is 0 Å². The first-order valence-corrected chi connectivity index (χ1v) is 4.24. The molecule has 0 aliphatic rings. The van der Waals surface area contributed by atoms with Gasteiger partial charge in [-0.3, -0.25) is 0 Å². The number of nitrogens with zero attached hydrogens (tertiary/aromatic N) is 3. The van der Waals surface area contributed by atoms with Crippen molar-refractivity contribution in [3.8, 4) is 12.1 Å². The lowest BCUT2D eigenvalue weighted by molar-refractivity contribution is 0.887. The van der Waals surface area contributed by atoms with Crippen LogP contribution in [0.5, 0.6) is 0 Å². The van der Waals surface area contributed by atoms with Crippen LogP contribution in [-0.4, -0.2) is 11.0 Å². The monoisotopic (exact) mass is 186 g/mol. The van der Waals surface area contributed by atoms with Gasteiger partial charge in [-0.15, -0.1) is 0 Å². The van der Waals surface area contributed by atoms with Crippen LogP contribution in [0.1, 0.15) is 25.0 Å². The smallest absolute Gasteiger partial charge is 0.145 e. The first-order chi connectivity index (χ1) is 6.69. The van der Waals surface area contributed by atoms with Crippen molar-refractivity contribution in [2.45, 2.75) is 19.9 Å². The van der Waals surface area contributed by atoms with E-state index in [0.717, 1.165) is 0 Å². The highest BCUT2D eigenvalue weighted by Gasteiger charge is 2.09. The van der Waals surface area contributed by atoms with Crippen molar-refractivity contribution in [1.82, 2.24) is 4.98 Å².